The molecule has 5 N–H and O–H groups in total. The second-order valence-corrected chi connectivity index (χ2v) is 27.3. The van der Waals surface area contributed by atoms with Crippen molar-refractivity contribution < 1.29 is 24.1 Å². The first-order chi connectivity index (χ1) is 39.0. The van der Waals surface area contributed by atoms with Gasteiger partial charge in [-0.1, -0.05) is 35.3 Å². The Morgan fingerprint density at radius 1 is 0.476 bits per heavy atom. The van der Waals surface area contributed by atoms with Gasteiger partial charge in [-0.25, -0.2) is 33.2 Å². The number of nitrogens with zero attached hydrogens (tertiary/aromatic N) is 13. The minimum Gasteiger partial charge on any atom is -0.390 e. The number of aryl methyl sites for hydroxylation is 4. The Morgan fingerprint density at radius 3 is 1.13 bits per heavy atom. The maximum absolute atomic E-state index is 13.3. The minimum absolute atomic E-state index is 0.0820. The molecule has 0 saturated carbocycles. The van der Waals surface area contributed by atoms with Gasteiger partial charge in [-0.2, -0.15) is 0 Å². The van der Waals surface area contributed by atoms with E-state index in [0.717, 1.165) is 0 Å². The zero-order valence-electron chi connectivity index (χ0n) is 45.8. The van der Waals surface area contributed by atoms with Crippen LogP contribution in [-0.2, 0) is 38.2 Å². The van der Waals surface area contributed by atoms with Crippen LogP contribution in [0.1, 0.15) is 114 Å². The molecule has 432 valence electrons. The average molecular weight is 1150 g/mol. The van der Waals surface area contributed by atoms with E-state index in [9.17, 15) is 43.5 Å². The highest BCUT2D eigenvalue weighted by Crippen LogP contribution is 2.41. The van der Waals surface area contributed by atoms with Crippen molar-refractivity contribution in [1.29, 1.82) is 0 Å². The Hall–Kier alpha value is -8.28. The molecular weight excluding hydrogens is 1090 g/mol. The number of aliphatic hydroxyl groups is 1. The van der Waals surface area contributed by atoms with E-state index in [-0.39, 0.29) is 38.5 Å². The van der Waals surface area contributed by atoms with Crippen molar-refractivity contribution in [2.24, 2.45) is 0 Å². The Morgan fingerprint density at radius 2 is 0.780 bits per heavy atom. The molecule has 11 heterocycles. The van der Waals surface area contributed by atoms with Crippen LogP contribution in [0, 0.1) is 39.2 Å². The van der Waals surface area contributed by atoms with Gasteiger partial charge in [-0.05, 0) is 27.7 Å². The molecule has 0 bridgehead atoms. The summed E-state index contributed by atoms with van der Waals surface area (Å²) in [5.74, 6) is 3.30. The maximum atomic E-state index is 13.3. The first-order valence-corrected chi connectivity index (χ1v) is 30.3. The summed E-state index contributed by atoms with van der Waals surface area (Å²) in [6, 6.07) is -1.55. The van der Waals surface area contributed by atoms with Gasteiger partial charge in [0.1, 0.15) is 33.0 Å². The van der Waals surface area contributed by atoms with Gasteiger partial charge in [0.2, 0.25) is 0 Å². The SMILES string of the molecule is Cc1cn([C@H]2C[C@@H](O)[C@@H](Cc3cn([C@H]4C[C@H](n5cc(C)c(=O)[nH]c5=O)O[C@@H]4Cc4cn([C@H]5C[C@H](n6cc(C)c(=O)[nH]c6=O)O[C@@H]5Cc5cn([C@H]6C[C@H](n7cc(C)c(=O)[nH]c7=O)O[C@@H]6CC#C[Si](C)(C)C)nn5)nn4)nn3)O2)c(=O)[nH]c1=O. The van der Waals surface area contributed by atoms with Crippen LogP contribution in [0.3, 0.4) is 0 Å². The lowest BCUT2D eigenvalue weighted by atomic mass is 10.0. The van der Waals surface area contributed by atoms with Gasteiger partial charge in [0.15, 0.2) is 0 Å². The van der Waals surface area contributed by atoms with Crippen molar-refractivity contribution in [3.63, 3.8) is 0 Å². The number of aromatic amines is 4. The lowest BCUT2D eigenvalue weighted by Gasteiger charge is -2.18. The predicted octanol–water partition coefficient (Wildman–Crippen LogP) is -0.671. The number of H-pyrrole nitrogens is 4. The minimum atomic E-state index is -1.76. The summed E-state index contributed by atoms with van der Waals surface area (Å²) in [6.07, 6.45) is 5.55. The molecule has 31 heteroatoms. The highest BCUT2D eigenvalue weighted by molar-refractivity contribution is 6.83. The van der Waals surface area contributed by atoms with E-state index in [0.29, 0.717) is 52.2 Å². The largest absolute Gasteiger partial charge is 0.390 e. The Labute approximate surface area is 463 Å². The van der Waals surface area contributed by atoms with E-state index in [1.165, 1.54) is 43.1 Å². The van der Waals surface area contributed by atoms with Crippen molar-refractivity contribution >= 4 is 8.07 Å². The molecule has 0 amide bonds. The Kier molecular flexibility index (Phi) is 14.8. The van der Waals surface area contributed by atoms with Gasteiger partial charge >= 0.3 is 22.8 Å². The van der Waals surface area contributed by atoms with Crippen LogP contribution in [0.2, 0.25) is 19.6 Å². The normalized spacial score (nSPS) is 26.4. The third-order valence-electron chi connectivity index (χ3n) is 15.3. The van der Waals surface area contributed by atoms with Crippen LogP contribution in [0.15, 0.2) is 81.7 Å². The van der Waals surface area contributed by atoms with E-state index in [4.69, 9.17) is 18.9 Å². The first-order valence-electron chi connectivity index (χ1n) is 26.8. The smallest absolute Gasteiger partial charge is 0.330 e. The maximum Gasteiger partial charge on any atom is 0.330 e. The lowest BCUT2D eigenvalue weighted by Crippen LogP contribution is -2.33. The quantitative estimate of drug-likeness (QED) is 0.0666. The summed E-state index contributed by atoms with van der Waals surface area (Å²) in [6.45, 7) is 12.7. The van der Waals surface area contributed by atoms with Gasteiger partial charge in [0, 0.05) is 117 Å². The van der Waals surface area contributed by atoms with Crippen LogP contribution in [0.5, 0.6) is 0 Å². The Balaban J connectivity index is 0.857. The molecule has 4 aliphatic heterocycles. The zero-order valence-corrected chi connectivity index (χ0v) is 46.8. The highest BCUT2D eigenvalue weighted by atomic mass is 28.3. The van der Waals surface area contributed by atoms with Gasteiger partial charge in [0.25, 0.3) is 22.2 Å². The average Bonchev–Trinajstić information content (AvgIpc) is 4.46. The summed E-state index contributed by atoms with van der Waals surface area (Å²) in [4.78, 5) is 111. The van der Waals surface area contributed by atoms with Crippen molar-refractivity contribution in [2.45, 2.75) is 172 Å². The van der Waals surface area contributed by atoms with E-state index >= 15 is 0 Å². The molecule has 7 aromatic heterocycles. The highest BCUT2D eigenvalue weighted by Gasteiger charge is 2.44. The third kappa shape index (κ3) is 11.4. The van der Waals surface area contributed by atoms with Crippen molar-refractivity contribution in [3.8, 4) is 11.5 Å². The molecule has 12 atom stereocenters. The standard InChI is InChI=1S/C51H61N17O13Si/c1-25-18-62(48(74)52-44(25)70)40-14-32(36(78-40)9-8-10-82(5,6)7)66-22-29(56-59-66)11-37-33(15-41(79-37)63-19-26(2)45(71)53-49(63)75)67-23-30(57-60-67)12-38-34(16-42(80-38)64-20-27(3)46(72)54-50(64)76)68-24-31(58-61-68)13-39-35(69)17-43(81-39)65-21-28(4)47(73)55-51(65)77/h18-24,32-43,69H,9,11-17H2,1-7H3,(H,52,70,74)(H,53,71,75)(H,54,72,76)(H,55,73,77)/t32-,33-,34-,35+,36+,37+,38+,39+,40+,41+,42+,43+/m0/s1. The fraction of sp³-hybridized carbons (Fsp3) is 0.529. The molecule has 4 aliphatic rings. The predicted molar refractivity (Wildman–Crippen MR) is 288 cm³/mol. The molecule has 82 heavy (non-hydrogen) atoms. The summed E-state index contributed by atoms with van der Waals surface area (Å²) in [5, 5.41) is 38.2. The number of ether oxygens (including phenoxy) is 4. The molecule has 4 saturated heterocycles. The first kappa shape index (κ1) is 55.6. The van der Waals surface area contributed by atoms with E-state index in [2.05, 4.69) is 82.0 Å². The number of nitrogens with one attached hydrogen (secondary N) is 4. The topological polar surface area (TPSA) is 369 Å². The molecular formula is C51H61N17O13Si. The van der Waals surface area contributed by atoms with Crippen LogP contribution in [0.25, 0.3) is 0 Å². The number of hydrogen-bond donors (Lipinski definition) is 5. The van der Waals surface area contributed by atoms with Crippen LogP contribution >= 0.6 is 0 Å². The molecule has 4 fully saturated rings. The van der Waals surface area contributed by atoms with E-state index in [1.54, 1.807) is 60.3 Å². The van der Waals surface area contributed by atoms with E-state index < -0.39 is 127 Å². The summed E-state index contributed by atoms with van der Waals surface area (Å²) >= 11 is 0. The van der Waals surface area contributed by atoms with Gasteiger partial charge in [-0.3, -0.25) is 57.4 Å². The summed E-state index contributed by atoms with van der Waals surface area (Å²) < 4.78 is 36.1. The molecule has 7 aromatic rings. The second kappa shape index (κ2) is 21.9. The summed E-state index contributed by atoms with van der Waals surface area (Å²) in [5.41, 5.74) is 1.39. The fourth-order valence-corrected chi connectivity index (χ4v) is 11.7. The van der Waals surface area contributed by atoms with Gasteiger partial charge in [-0.15, -0.1) is 26.8 Å². The summed E-state index contributed by atoms with van der Waals surface area (Å²) in [7, 11) is -1.76. The molecule has 0 radical (unpaired) electrons. The monoisotopic (exact) mass is 1150 g/mol. The fourth-order valence-electron chi connectivity index (χ4n) is 11.1. The van der Waals surface area contributed by atoms with Crippen molar-refractivity contribution in [3.05, 3.63) is 166 Å². The van der Waals surface area contributed by atoms with Crippen molar-refractivity contribution in [2.75, 3.05) is 0 Å². The molecule has 30 nitrogen and oxygen atoms in total. The van der Waals surface area contributed by atoms with Crippen LogP contribution < -0.4 is 45.0 Å². The second-order valence-electron chi connectivity index (χ2n) is 22.6. The molecule has 0 aliphatic carbocycles. The zero-order chi connectivity index (χ0) is 58.1. The van der Waals surface area contributed by atoms with Crippen LogP contribution in [-0.4, -0.2) is 127 Å². The van der Waals surface area contributed by atoms with Crippen LogP contribution in [0.4, 0.5) is 0 Å². The number of aromatic nitrogens is 17. The number of rotatable bonds is 14. The van der Waals surface area contributed by atoms with Crippen molar-refractivity contribution in [1.82, 2.24) is 83.2 Å². The van der Waals surface area contributed by atoms with Gasteiger partial charge < -0.3 is 24.1 Å². The molecule has 0 spiro atoms. The van der Waals surface area contributed by atoms with Gasteiger partial charge in [0.05, 0.1) is 65.7 Å². The van der Waals surface area contributed by atoms with E-state index in [1.807, 2.05) is 0 Å². The molecule has 0 aromatic carbocycles. The Bertz CT molecular complexity index is 4140. The molecule has 11 rings (SSSR count). The number of aliphatic hydroxyl groups excluding tert-OH is 1. The third-order valence-corrected chi connectivity index (χ3v) is 16.3. The molecule has 0 unspecified atom stereocenters. The lowest BCUT2D eigenvalue weighted by molar-refractivity contribution is -0.0202. The number of hydrogen-bond acceptors (Lipinski definition) is 19.